The van der Waals surface area contributed by atoms with Gasteiger partial charge in [0, 0.05) is 31.5 Å². The molecule has 2 N–H and O–H groups in total. The van der Waals surface area contributed by atoms with Crippen molar-refractivity contribution in [3.8, 4) is 5.75 Å². The van der Waals surface area contributed by atoms with Gasteiger partial charge in [0.1, 0.15) is 17.3 Å². The predicted molar refractivity (Wildman–Crippen MR) is 112 cm³/mol. The van der Waals surface area contributed by atoms with Crippen LogP contribution < -0.4 is 21.3 Å². The first-order valence-electron chi connectivity index (χ1n) is 10.2. The molecule has 31 heavy (non-hydrogen) atoms. The summed E-state index contributed by atoms with van der Waals surface area (Å²) in [6.07, 6.45) is 0.799. The second-order valence-electron chi connectivity index (χ2n) is 8.19. The molecule has 2 amide bonds. The Kier molecular flexibility index (Phi) is 7.90. The highest BCUT2D eigenvalue weighted by Crippen LogP contribution is 2.21. The molecule has 0 saturated carbocycles. The summed E-state index contributed by atoms with van der Waals surface area (Å²) in [5.41, 5.74) is -1.26. The van der Waals surface area contributed by atoms with Gasteiger partial charge in [-0.3, -0.25) is 19.0 Å². The van der Waals surface area contributed by atoms with Crippen molar-refractivity contribution < 1.29 is 19.1 Å². The standard InChI is InChI=1S/C22H29FN4O4/c1-5-16(28)24-11-6-12-27-20(31)18(29)17(26-21(27)22(2,3)4)19(30)25-13-14-7-9-15(23)10-8-14/h7-10,29H,5-6,11-13H2,1-4H3,(H,24,28)(H,25,30)/p-1. The van der Waals surface area contributed by atoms with E-state index in [1.165, 1.54) is 28.8 Å². The van der Waals surface area contributed by atoms with E-state index >= 15 is 0 Å². The van der Waals surface area contributed by atoms with Crippen molar-refractivity contribution in [2.75, 3.05) is 6.54 Å². The zero-order chi connectivity index (χ0) is 23.2. The lowest BCUT2D eigenvalue weighted by Crippen LogP contribution is -2.38. The lowest BCUT2D eigenvalue weighted by molar-refractivity contribution is -0.271. The Hall–Kier alpha value is -3.23. The van der Waals surface area contributed by atoms with Crippen molar-refractivity contribution in [1.82, 2.24) is 20.2 Å². The molecule has 0 aliphatic carbocycles. The van der Waals surface area contributed by atoms with Gasteiger partial charge in [0.2, 0.25) is 11.5 Å². The number of aromatic nitrogens is 2. The number of nitrogens with zero attached hydrogens (tertiary/aromatic N) is 2. The molecule has 0 aliphatic rings. The first-order valence-corrected chi connectivity index (χ1v) is 10.2. The van der Waals surface area contributed by atoms with E-state index in [2.05, 4.69) is 15.6 Å². The lowest BCUT2D eigenvalue weighted by Gasteiger charge is -2.26. The van der Waals surface area contributed by atoms with Crippen molar-refractivity contribution in [3.05, 3.63) is 57.5 Å². The van der Waals surface area contributed by atoms with E-state index in [0.717, 1.165) is 0 Å². The molecule has 1 heterocycles. The van der Waals surface area contributed by atoms with E-state index in [-0.39, 0.29) is 19.0 Å². The normalized spacial score (nSPS) is 11.3. The average Bonchev–Trinajstić information content (AvgIpc) is 2.72. The van der Waals surface area contributed by atoms with Crippen LogP contribution in [-0.4, -0.2) is 27.9 Å². The molecule has 0 bridgehead atoms. The van der Waals surface area contributed by atoms with E-state index in [9.17, 15) is 23.9 Å². The third kappa shape index (κ3) is 6.37. The lowest BCUT2D eigenvalue weighted by atomic mass is 9.95. The topological polar surface area (TPSA) is 116 Å². The molecular weight excluding hydrogens is 403 g/mol. The molecule has 9 heteroatoms. The molecule has 0 atom stereocenters. The highest BCUT2D eigenvalue weighted by atomic mass is 19.1. The third-order valence-corrected chi connectivity index (χ3v) is 4.58. The zero-order valence-electron chi connectivity index (χ0n) is 18.3. The van der Waals surface area contributed by atoms with Crippen molar-refractivity contribution in [2.45, 2.75) is 59.0 Å². The van der Waals surface area contributed by atoms with Crippen LogP contribution >= 0.6 is 0 Å². The summed E-state index contributed by atoms with van der Waals surface area (Å²) in [4.78, 5) is 40.9. The van der Waals surface area contributed by atoms with Crippen LogP contribution in [0.4, 0.5) is 4.39 Å². The predicted octanol–water partition coefficient (Wildman–Crippen LogP) is 1.60. The van der Waals surface area contributed by atoms with E-state index in [1.54, 1.807) is 6.92 Å². The summed E-state index contributed by atoms with van der Waals surface area (Å²) in [6, 6.07) is 5.55. The molecule has 0 fully saturated rings. The maximum atomic E-state index is 13.0. The highest BCUT2D eigenvalue weighted by molar-refractivity contribution is 5.94. The first kappa shape index (κ1) is 24.0. The maximum Gasteiger partial charge on any atom is 0.269 e. The van der Waals surface area contributed by atoms with Crippen molar-refractivity contribution >= 4 is 11.8 Å². The number of amides is 2. The zero-order valence-corrected chi connectivity index (χ0v) is 18.3. The molecule has 0 radical (unpaired) electrons. The fourth-order valence-corrected chi connectivity index (χ4v) is 2.93. The van der Waals surface area contributed by atoms with E-state index in [0.29, 0.717) is 30.8 Å². The Bertz CT molecular complexity index is 994. The Morgan fingerprint density at radius 3 is 2.39 bits per heavy atom. The fourth-order valence-electron chi connectivity index (χ4n) is 2.93. The van der Waals surface area contributed by atoms with Crippen LogP contribution in [-0.2, 0) is 23.3 Å². The Labute approximate surface area is 180 Å². The summed E-state index contributed by atoms with van der Waals surface area (Å²) in [6.45, 7) is 7.83. The molecule has 1 aromatic heterocycles. The number of benzene rings is 1. The van der Waals surface area contributed by atoms with Gasteiger partial charge in [0.15, 0.2) is 0 Å². The second-order valence-corrected chi connectivity index (χ2v) is 8.19. The number of halogens is 1. The van der Waals surface area contributed by atoms with Crippen LogP contribution in [0.5, 0.6) is 5.75 Å². The van der Waals surface area contributed by atoms with Crippen LogP contribution in [0.25, 0.3) is 0 Å². The number of carbonyl (C=O) groups is 2. The van der Waals surface area contributed by atoms with Gasteiger partial charge in [-0.1, -0.05) is 39.8 Å². The fraction of sp³-hybridized carbons (Fsp3) is 0.455. The molecule has 0 unspecified atom stereocenters. The van der Waals surface area contributed by atoms with Crippen molar-refractivity contribution in [3.63, 3.8) is 0 Å². The number of hydrogen-bond acceptors (Lipinski definition) is 5. The number of hydrogen-bond donors (Lipinski definition) is 2. The van der Waals surface area contributed by atoms with Crippen LogP contribution in [0.2, 0.25) is 0 Å². The van der Waals surface area contributed by atoms with Crippen molar-refractivity contribution in [2.24, 2.45) is 0 Å². The third-order valence-electron chi connectivity index (χ3n) is 4.58. The van der Waals surface area contributed by atoms with E-state index < -0.39 is 34.1 Å². The molecule has 2 rings (SSSR count). The Morgan fingerprint density at radius 1 is 1.16 bits per heavy atom. The summed E-state index contributed by atoms with van der Waals surface area (Å²) in [7, 11) is 0. The molecule has 2 aromatic rings. The van der Waals surface area contributed by atoms with Gasteiger partial charge < -0.3 is 15.7 Å². The minimum atomic E-state index is -0.984. The second kappa shape index (κ2) is 10.2. The number of carbonyl (C=O) groups excluding carboxylic acids is 2. The van der Waals surface area contributed by atoms with Gasteiger partial charge in [-0.05, 0) is 29.9 Å². The maximum absolute atomic E-state index is 13.0. The van der Waals surface area contributed by atoms with E-state index in [4.69, 9.17) is 0 Å². The average molecular weight is 431 g/mol. The number of rotatable bonds is 8. The van der Waals surface area contributed by atoms with Crippen LogP contribution in [0.15, 0.2) is 29.1 Å². The SMILES string of the molecule is CCC(=O)NCCCn1c(C(C)(C)C)nc(C(=O)NCc2ccc(F)cc2)c([O-])c1=O. The Balaban J connectivity index is 2.25. The molecule has 168 valence electrons. The smallest absolute Gasteiger partial charge is 0.269 e. The summed E-state index contributed by atoms with van der Waals surface area (Å²) in [5.74, 6) is -1.93. The molecule has 0 spiro atoms. The van der Waals surface area contributed by atoms with E-state index in [1.807, 2.05) is 20.8 Å². The van der Waals surface area contributed by atoms with Gasteiger partial charge in [-0.25, -0.2) is 9.37 Å². The Morgan fingerprint density at radius 2 is 1.81 bits per heavy atom. The summed E-state index contributed by atoms with van der Waals surface area (Å²) < 4.78 is 14.3. The van der Waals surface area contributed by atoms with Gasteiger partial charge in [0.25, 0.3) is 5.91 Å². The molecular formula is C22H28FN4O4-. The summed E-state index contributed by atoms with van der Waals surface area (Å²) in [5, 5.41) is 17.8. The summed E-state index contributed by atoms with van der Waals surface area (Å²) >= 11 is 0. The minimum Gasteiger partial charge on any atom is -0.867 e. The van der Waals surface area contributed by atoms with Crippen LogP contribution in [0.3, 0.4) is 0 Å². The molecule has 0 aliphatic heterocycles. The van der Waals surface area contributed by atoms with Crippen molar-refractivity contribution in [1.29, 1.82) is 0 Å². The van der Waals surface area contributed by atoms with Crippen LogP contribution in [0.1, 0.15) is 62.4 Å². The van der Waals surface area contributed by atoms with Crippen LogP contribution in [0, 0.1) is 5.82 Å². The molecule has 1 aromatic carbocycles. The monoisotopic (exact) mass is 431 g/mol. The van der Waals surface area contributed by atoms with Gasteiger partial charge in [-0.2, -0.15) is 0 Å². The largest absolute Gasteiger partial charge is 0.867 e. The molecule has 8 nitrogen and oxygen atoms in total. The highest BCUT2D eigenvalue weighted by Gasteiger charge is 2.24. The van der Waals surface area contributed by atoms with Gasteiger partial charge in [0.05, 0.1) is 0 Å². The molecule has 0 saturated heterocycles. The quantitative estimate of drug-likeness (QED) is 0.616. The number of nitrogens with one attached hydrogen (secondary N) is 2. The van der Waals surface area contributed by atoms with Gasteiger partial charge >= 0.3 is 0 Å². The first-order chi connectivity index (χ1) is 14.5. The minimum absolute atomic E-state index is 0.0608. The van der Waals surface area contributed by atoms with Gasteiger partial charge in [-0.15, -0.1) is 0 Å².